The van der Waals surface area contributed by atoms with Crippen LogP contribution in [0.15, 0.2) is 18.2 Å². The van der Waals surface area contributed by atoms with Crippen LogP contribution >= 0.6 is 35.4 Å². The number of hydrogen-bond acceptors (Lipinski definition) is 5. The van der Waals surface area contributed by atoms with Crippen molar-refractivity contribution in [2.45, 2.75) is 31.8 Å². The van der Waals surface area contributed by atoms with Gasteiger partial charge in [0, 0.05) is 5.69 Å². The first kappa shape index (κ1) is 18.1. The van der Waals surface area contributed by atoms with Gasteiger partial charge in [-0.15, -0.1) is 0 Å². The molecule has 3 amide bonds. The molecule has 2 fully saturated rings. The van der Waals surface area contributed by atoms with Crippen LogP contribution in [0, 0.1) is 0 Å². The Balaban J connectivity index is 1.89. The minimum absolute atomic E-state index is 0.0286. The van der Waals surface area contributed by atoms with Crippen molar-refractivity contribution in [2.24, 2.45) is 0 Å². The smallest absolute Gasteiger partial charge is 0.248 e. The molecule has 2 aliphatic rings. The number of amides is 3. The monoisotopic (exact) mass is 400 g/mol. The third-order valence-corrected chi connectivity index (χ3v) is 5.16. The van der Waals surface area contributed by atoms with Crippen molar-refractivity contribution in [3.63, 3.8) is 0 Å². The van der Waals surface area contributed by atoms with Crippen LogP contribution in [0.2, 0.25) is 10.0 Å². The Morgan fingerprint density at radius 1 is 1.32 bits per heavy atom. The first-order valence-corrected chi connectivity index (χ1v) is 8.53. The summed E-state index contributed by atoms with van der Waals surface area (Å²) in [5, 5.41) is 8.41. The van der Waals surface area contributed by atoms with Gasteiger partial charge in [0.15, 0.2) is 5.11 Å². The van der Waals surface area contributed by atoms with Crippen LogP contribution in [0.4, 0.5) is 5.69 Å². The molecule has 25 heavy (non-hydrogen) atoms. The van der Waals surface area contributed by atoms with Crippen molar-refractivity contribution >= 4 is 63.9 Å². The van der Waals surface area contributed by atoms with Gasteiger partial charge in [-0.1, -0.05) is 23.2 Å². The van der Waals surface area contributed by atoms with Gasteiger partial charge in [0.2, 0.25) is 17.7 Å². The van der Waals surface area contributed by atoms with Crippen LogP contribution in [0.5, 0.6) is 0 Å². The lowest BCUT2D eigenvalue weighted by Crippen LogP contribution is -2.71. The van der Waals surface area contributed by atoms with Crippen LogP contribution in [-0.2, 0) is 14.4 Å². The fraction of sp³-hybridized carbons (Fsp3) is 0.333. The van der Waals surface area contributed by atoms with Crippen molar-refractivity contribution in [1.29, 1.82) is 0 Å². The standard InChI is InChI=1S/C15H14Cl2N4O3S/c1-15(2)13(24)19-14(25)20-11(22)6-10(21(15)20)12(23)18-7-3-4-8(16)9(17)5-7/h3-5,10H,6H2,1-2H3,(H,18,23)(H,19,24,25). The fourth-order valence-electron chi connectivity index (χ4n) is 2.86. The number of hydrazine groups is 1. The molecule has 1 aromatic carbocycles. The number of rotatable bonds is 2. The molecule has 1 unspecified atom stereocenters. The molecule has 7 nitrogen and oxygen atoms in total. The number of nitrogens with zero attached hydrogens (tertiary/aromatic N) is 2. The molecular weight excluding hydrogens is 387 g/mol. The molecule has 2 saturated heterocycles. The zero-order valence-electron chi connectivity index (χ0n) is 13.3. The topological polar surface area (TPSA) is 81.8 Å². The lowest BCUT2D eigenvalue weighted by molar-refractivity contribution is -0.154. The zero-order valence-corrected chi connectivity index (χ0v) is 15.6. The van der Waals surface area contributed by atoms with Gasteiger partial charge in [-0.2, -0.15) is 5.01 Å². The minimum Gasteiger partial charge on any atom is -0.325 e. The van der Waals surface area contributed by atoms with Crippen LogP contribution in [0.25, 0.3) is 0 Å². The van der Waals surface area contributed by atoms with Gasteiger partial charge in [-0.3, -0.25) is 19.7 Å². The molecule has 1 atom stereocenters. The number of nitrogens with one attached hydrogen (secondary N) is 2. The average molecular weight is 401 g/mol. The molecular formula is C15H14Cl2N4O3S. The fourth-order valence-corrected chi connectivity index (χ4v) is 3.44. The Morgan fingerprint density at radius 3 is 2.64 bits per heavy atom. The Hall–Kier alpha value is -1.74. The second-order valence-electron chi connectivity index (χ2n) is 6.21. The summed E-state index contributed by atoms with van der Waals surface area (Å²) in [6.45, 7) is 3.24. The Bertz CT molecular complexity index is 814. The highest BCUT2D eigenvalue weighted by Gasteiger charge is 2.56. The highest BCUT2D eigenvalue weighted by molar-refractivity contribution is 7.80. The van der Waals surface area contributed by atoms with Crippen molar-refractivity contribution in [3.05, 3.63) is 28.2 Å². The van der Waals surface area contributed by atoms with Crippen molar-refractivity contribution in [3.8, 4) is 0 Å². The van der Waals surface area contributed by atoms with E-state index in [9.17, 15) is 14.4 Å². The maximum absolute atomic E-state index is 12.7. The van der Waals surface area contributed by atoms with Gasteiger partial charge in [-0.05, 0) is 44.3 Å². The summed E-state index contributed by atoms with van der Waals surface area (Å²) in [6, 6.07) is 3.79. The quantitative estimate of drug-likeness (QED) is 0.741. The third kappa shape index (κ3) is 2.99. The SMILES string of the molecule is CC1(C)C(=O)NC(=S)N2C(=O)CC(C(=O)Nc3ccc(Cl)c(Cl)c3)N21. The van der Waals surface area contributed by atoms with Gasteiger partial charge in [-0.25, -0.2) is 5.01 Å². The number of hydrogen-bond donors (Lipinski definition) is 2. The third-order valence-electron chi connectivity index (χ3n) is 4.15. The summed E-state index contributed by atoms with van der Waals surface area (Å²) >= 11 is 16.9. The first-order valence-electron chi connectivity index (χ1n) is 7.36. The molecule has 0 aliphatic carbocycles. The number of fused-ring (bicyclic) bond motifs is 1. The average Bonchev–Trinajstić information content (AvgIpc) is 2.88. The summed E-state index contributed by atoms with van der Waals surface area (Å²) in [7, 11) is 0. The maximum Gasteiger partial charge on any atom is 0.248 e. The van der Waals surface area contributed by atoms with Crippen LogP contribution in [0.3, 0.4) is 0 Å². The van der Waals surface area contributed by atoms with Crippen molar-refractivity contribution < 1.29 is 14.4 Å². The van der Waals surface area contributed by atoms with E-state index in [0.717, 1.165) is 0 Å². The van der Waals surface area contributed by atoms with E-state index in [2.05, 4.69) is 10.6 Å². The number of thiocarbonyl (C=S) groups is 1. The van der Waals surface area contributed by atoms with E-state index in [1.54, 1.807) is 26.0 Å². The molecule has 3 rings (SSSR count). The van der Waals surface area contributed by atoms with E-state index in [4.69, 9.17) is 35.4 Å². The highest BCUT2D eigenvalue weighted by atomic mass is 35.5. The largest absolute Gasteiger partial charge is 0.325 e. The van der Waals surface area contributed by atoms with Gasteiger partial charge < -0.3 is 5.32 Å². The molecule has 2 N–H and O–H groups in total. The van der Waals surface area contributed by atoms with Gasteiger partial charge in [0.25, 0.3) is 0 Å². The zero-order chi connectivity index (χ0) is 18.5. The predicted molar refractivity (Wildman–Crippen MR) is 97.0 cm³/mol. The minimum atomic E-state index is -1.12. The molecule has 0 radical (unpaired) electrons. The van der Waals surface area contributed by atoms with Crippen LogP contribution in [-0.4, -0.2) is 44.4 Å². The summed E-state index contributed by atoms with van der Waals surface area (Å²) in [4.78, 5) is 37.3. The molecule has 2 heterocycles. The van der Waals surface area contributed by atoms with Crippen molar-refractivity contribution in [1.82, 2.24) is 15.3 Å². The van der Waals surface area contributed by atoms with E-state index >= 15 is 0 Å². The van der Waals surface area contributed by atoms with E-state index < -0.39 is 17.5 Å². The predicted octanol–water partition coefficient (Wildman–Crippen LogP) is 1.94. The van der Waals surface area contributed by atoms with E-state index in [1.807, 2.05) is 0 Å². The normalized spacial score (nSPS) is 22.6. The van der Waals surface area contributed by atoms with Crippen LogP contribution in [0.1, 0.15) is 20.3 Å². The number of benzene rings is 1. The number of carbonyl (C=O) groups is 3. The second-order valence-corrected chi connectivity index (χ2v) is 7.41. The van der Waals surface area contributed by atoms with Crippen LogP contribution < -0.4 is 10.6 Å². The molecule has 132 valence electrons. The van der Waals surface area contributed by atoms with E-state index in [0.29, 0.717) is 15.7 Å². The van der Waals surface area contributed by atoms with Crippen molar-refractivity contribution in [2.75, 3.05) is 5.32 Å². The van der Waals surface area contributed by atoms with Gasteiger partial charge >= 0.3 is 0 Å². The lowest BCUT2D eigenvalue weighted by atomic mass is 10.00. The number of halogens is 2. The molecule has 0 spiro atoms. The summed E-state index contributed by atoms with van der Waals surface area (Å²) in [5.41, 5.74) is -0.680. The van der Waals surface area contributed by atoms with E-state index in [1.165, 1.54) is 16.1 Å². The Kier molecular flexibility index (Phi) is 4.48. The summed E-state index contributed by atoms with van der Waals surface area (Å²) < 4.78 is 0. The molecule has 0 saturated carbocycles. The number of anilines is 1. The maximum atomic E-state index is 12.7. The van der Waals surface area contributed by atoms with E-state index in [-0.39, 0.29) is 23.3 Å². The Morgan fingerprint density at radius 2 is 2.00 bits per heavy atom. The second kappa shape index (κ2) is 6.21. The molecule has 10 heteroatoms. The number of carbonyl (C=O) groups excluding carboxylic acids is 3. The summed E-state index contributed by atoms with van der Waals surface area (Å²) in [5.74, 6) is -1.18. The first-order chi connectivity index (χ1) is 11.6. The molecule has 0 bridgehead atoms. The van der Waals surface area contributed by atoms with Gasteiger partial charge in [0.05, 0.1) is 16.5 Å². The highest BCUT2D eigenvalue weighted by Crippen LogP contribution is 2.33. The molecule has 2 aliphatic heterocycles. The molecule has 0 aromatic heterocycles. The lowest BCUT2D eigenvalue weighted by Gasteiger charge is -2.45. The van der Waals surface area contributed by atoms with Gasteiger partial charge in [0.1, 0.15) is 11.6 Å². The molecule has 1 aromatic rings. The Labute approximate surface area is 159 Å². The summed E-state index contributed by atoms with van der Waals surface area (Å²) in [6.07, 6.45) is -0.0916.